The monoisotopic (exact) mass is 252 g/mol. The van der Waals surface area contributed by atoms with Crippen molar-refractivity contribution in [1.82, 2.24) is 10.2 Å². The van der Waals surface area contributed by atoms with Crippen molar-refractivity contribution in [2.24, 2.45) is 5.92 Å². The number of amides is 2. The minimum atomic E-state index is -0.266. The highest BCUT2D eigenvalue weighted by atomic mass is 16.2. The molecule has 4 heteroatoms. The molecule has 102 valence electrons. The van der Waals surface area contributed by atoms with Crippen LogP contribution in [-0.4, -0.2) is 34.8 Å². The van der Waals surface area contributed by atoms with E-state index in [2.05, 4.69) is 19.2 Å². The number of nitrogens with zero attached hydrogens (tertiary/aromatic N) is 1. The summed E-state index contributed by atoms with van der Waals surface area (Å²) in [5, 5.41) is 2.93. The number of nitrogens with one attached hydrogen (secondary N) is 1. The number of carbonyl (C=O) groups excluding carboxylic acids is 2. The van der Waals surface area contributed by atoms with E-state index < -0.39 is 0 Å². The highest BCUT2D eigenvalue weighted by Gasteiger charge is 2.47. The van der Waals surface area contributed by atoms with Crippen LogP contribution in [0.2, 0.25) is 0 Å². The average molecular weight is 252 g/mol. The lowest BCUT2D eigenvalue weighted by molar-refractivity contribution is -0.153. The molecular weight excluding hydrogens is 228 g/mol. The van der Waals surface area contributed by atoms with Gasteiger partial charge in [0.15, 0.2) is 0 Å². The quantitative estimate of drug-likeness (QED) is 0.809. The SMILES string of the molecule is CCC(CC)N1C(=O)C(C2CC2)NC(=O)C1CC. The number of rotatable bonds is 5. The molecule has 18 heavy (non-hydrogen) atoms. The molecule has 0 aromatic carbocycles. The number of piperazine rings is 1. The molecule has 0 bridgehead atoms. The fraction of sp³-hybridized carbons (Fsp3) is 0.857. The van der Waals surface area contributed by atoms with Crippen molar-refractivity contribution in [3.8, 4) is 0 Å². The van der Waals surface area contributed by atoms with E-state index in [4.69, 9.17) is 0 Å². The van der Waals surface area contributed by atoms with Gasteiger partial charge in [-0.05, 0) is 38.0 Å². The average Bonchev–Trinajstić information content (AvgIpc) is 3.18. The van der Waals surface area contributed by atoms with Gasteiger partial charge in [-0.15, -0.1) is 0 Å². The Labute approximate surface area is 109 Å². The second kappa shape index (κ2) is 5.29. The molecule has 1 N–H and O–H groups in total. The van der Waals surface area contributed by atoms with E-state index in [9.17, 15) is 9.59 Å². The summed E-state index contributed by atoms with van der Waals surface area (Å²) in [5.41, 5.74) is 0. The Morgan fingerprint density at radius 3 is 2.28 bits per heavy atom. The van der Waals surface area contributed by atoms with Crippen LogP contribution in [0.5, 0.6) is 0 Å². The molecule has 2 unspecified atom stereocenters. The van der Waals surface area contributed by atoms with Gasteiger partial charge in [-0.2, -0.15) is 0 Å². The third-order valence-corrected chi connectivity index (χ3v) is 4.27. The maximum Gasteiger partial charge on any atom is 0.246 e. The van der Waals surface area contributed by atoms with Crippen LogP contribution in [0.25, 0.3) is 0 Å². The number of hydrogen-bond acceptors (Lipinski definition) is 2. The van der Waals surface area contributed by atoms with Crippen LogP contribution in [0.4, 0.5) is 0 Å². The van der Waals surface area contributed by atoms with Gasteiger partial charge in [0, 0.05) is 6.04 Å². The molecule has 2 aliphatic rings. The van der Waals surface area contributed by atoms with Crippen molar-refractivity contribution in [1.29, 1.82) is 0 Å². The van der Waals surface area contributed by atoms with Crippen LogP contribution in [0.15, 0.2) is 0 Å². The zero-order valence-corrected chi connectivity index (χ0v) is 11.6. The zero-order chi connectivity index (χ0) is 13.3. The van der Waals surface area contributed by atoms with E-state index in [0.29, 0.717) is 12.3 Å². The molecule has 1 aliphatic carbocycles. The van der Waals surface area contributed by atoms with E-state index in [0.717, 1.165) is 25.7 Å². The first-order valence-electron chi connectivity index (χ1n) is 7.26. The summed E-state index contributed by atoms with van der Waals surface area (Å²) in [6.07, 6.45) is 4.69. The van der Waals surface area contributed by atoms with Crippen molar-refractivity contribution >= 4 is 11.8 Å². The van der Waals surface area contributed by atoms with Crippen molar-refractivity contribution in [2.45, 2.75) is 71.0 Å². The van der Waals surface area contributed by atoms with E-state index in [1.165, 1.54) is 0 Å². The zero-order valence-electron chi connectivity index (χ0n) is 11.6. The number of carbonyl (C=O) groups is 2. The Balaban J connectivity index is 2.23. The van der Waals surface area contributed by atoms with Crippen LogP contribution in [0.3, 0.4) is 0 Å². The Morgan fingerprint density at radius 1 is 1.22 bits per heavy atom. The standard InChI is InChI=1S/C14H24N2O2/c1-4-10(5-2)16-11(6-3)13(17)15-12(14(16)18)9-7-8-9/h9-12H,4-8H2,1-3H3,(H,15,17). The summed E-state index contributed by atoms with van der Waals surface area (Å²) in [7, 11) is 0. The van der Waals surface area contributed by atoms with Crippen molar-refractivity contribution in [3.05, 3.63) is 0 Å². The fourth-order valence-corrected chi connectivity index (χ4v) is 3.00. The molecule has 0 radical (unpaired) electrons. The van der Waals surface area contributed by atoms with Gasteiger partial charge < -0.3 is 10.2 Å². The summed E-state index contributed by atoms with van der Waals surface area (Å²) < 4.78 is 0. The normalized spacial score (nSPS) is 28.8. The third kappa shape index (κ3) is 2.25. The Hall–Kier alpha value is -1.06. The summed E-state index contributed by atoms with van der Waals surface area (Å²) in [5.74, 6) is 0.578. The Morgan fingerprint density at radius 2 is 1.83 bits per heavy atom. The van der Waals surface area contributed by atoms with Gasteiger partial charge in [0.25, 0.3) is 0 Å². The first-order chi connectivity index (χ1) is 8.63. The van der Waals surface area contributed by atoms with Crippen LogP contribution in [-0.2, 0) is 9.59 Å². The first kappa shape index (κ1) is 13.4. The predicted molar refractivity (Wildman–Crippen MR) is 69.9 cm³/mol. The predicted octanol–water partition coefficient (Wildman–Crippen LogP) is 1.69. The highest BCUT2D eigenvalue weighted by molar-refractivity contribution is 5.97. The maximum atomic E-state index is 12.6. The van der Waals surface area contributed by atoms with Gasteiger partial charge in [0.1, 0.15) is 12.1 Å². The van der Waals surface area contributed by atoms with E-state index in [1.54, 1.807) is 0 Å². The minimum Gasteiger partial charge on any atom is -0.342 e. The topological polar surface area (TPSA) is 49.4 Å². The molecule has 0 spiro atoms. The van der Waals surface area contributed by atoms with Gasteiger partial charge in [0.2, 0.25) is 11.8 Å². The van der Waals surface area contributed by atoms with Crippen LogP contribution in [0, 0.1) is 5.92 Å². The molecule has 1 saturated carbocycles. The second-order valence-electron chi connectivity index (χ2n) is 5.46. The van der Waals surface area contributed by atoms with Gasteiger partial charge >= 0.3 is 0 Å². The summed E-state index contributed by atoms with van der Waals surface area (Å²) in [6.45, 7) is 6.16. The highest BCUT2D eigenvalue weighted by Crippen LogP contribution is 2.36. The smallest absolute Gasteiger partial charge is 0.246 e. The molecule has 2 atom stereocenters. The molecular formula is C14H24N2O2. The Kier molecular flexibility index (Phi) is 3.93. The van der Waals surface area contributed by atoms with Crippen molar-refractivity contribution < 1.29 is 9.59 Å². The van der Waals surface area contributed by atoms with E-state index in [-0.39, 0.29) is 29.9 Å². The van der Waals surface area contributed by atoms with Crippen molar-refractivity contribution in [2.75, 3.05) is 0 Å². The minimum absolute atomic E-state index is 0.0425. The lowest BCUT2D eigenvalue weighted by Crippen LogP contribution is -2.66. The van der Waals surface area contributed by atoms with Crippen LogP contribution >= 0.6 is 0 Å². The largest absolute Gasteiger partial charge is 0.342 e. The summed E-state index contributed by atoms with van der Waals surface area (Å²) >= 11 is 0. The molecule has 1 heterocycles. The van der Waals surface area contributed by atoms with Gasteiger partial charge in [-0.25, -0.2) is 0 Å². The first-order valence-corrected chi connectivity index (χ1v) is 7.26. The molecule has 4 nitrogen and oxygen atoms in total. The fourth-order valence-electron chi connectivity index (χ4n) is 3.00. The summed E-state index contributed by atoms with van der Waals surface area (Å²) in [6, 6.07) is -0.312. The molecule has 1 aliphatic heterocycles. The van der Waals surface area contributed by atoms with E-state index >= 15 is 0 Å². The molecule has 0 aromatic heterocycles. The van der Waals surface area contributed by atoms with Crippen LogP contribution < -0.4 is 5.32 Å². The lowest BCUT2D eigenvalue weighted by Gasteiger charge is -2.43. The second-order valence-corrected chi connectivity index (χ2v) is 5.46. The molecule has 2 fully saturated rings. The van der Waals surface area contributed by atoms with Crippen molar-refractivity contribution in [3.63, 3.8) is 0 Å². The lowest BCUT2D eigenvalue weighted by atomic mass is 9.97. The molecule has 1 saturated heterocycles. The molecule has 2 rings (SSSR count). The van der Waals surface area contributed by atoms with Gasteiger partial charge in [-0.1, -0.05) is 20.8 Å². The Bertz CT molecular complexity index is 335. The molecule has 2 amide bonds. The number of hydrogen-bond donors (Lipinski definition) is 1. The van der Waals surface area contributed by atoms with Gasteiger partial charge in [0.05, 0.1) is 0 Å². The maximum absolute atomic E-state index is 12.6. The van der Waals surface area contributed by atoms with E-state index in [1.807, 2.05) is 11.8 Å². The summed E-state index contributed by atoms with van der Waals surface area (Å²) in [4.78, 5) is 26.6. The van der Waals surface area contributed by atoms with Gasteiger partial charge in [-0.3, -0.25) is 9.59 Å². The molecule has 0 aromatic rings. The third-order valence-electron chi connectivity index (χ3n) is 4.27. The van der Waals surface area contributed by atoms with Crippen LogP contribution in [0.1, 0.15) is 52.9 Å².